The molecule has 0 amide bonds. The lowest BCUT2D eigenvalue weighted by Gasteiger charge is -2.04. The predicted octanol–water partition coefficient (Wildman–Crippen LogP) is 0.204. The molecule has 0 spiro atoms. The summed E-state index contributed by atoms with van der Waals surface area (Å²) in [5.74, 6) is -0.697. The molecule has 1 heterocycles. The third-order valence-electron chi connectivity index (χ3n) is 1.80. The maximum absolute atomic E-state index is 10.9. The number of carbonyl (C=O) groups excluding carboxylic acids is 1. The van der Waals surface area contributed by atoms with E-state index < -0.39 is 5.97 Å². The number of hydrogen-bond donors (Lipinski definition) is 2. The van der Waals surface area contributed by atoms with Gasteiger partial charge in [0.2, 0.25) is 0 Å². The monoisotopic (exact) mass is 193 g/mol. The van der Waals surface area contributed by atoms with E-state index in [0.29, 0.717) is 19.4 Å². The average Bonchev–Trinajstić information content (AvgIpc) is 2.31. The van der Waals surface area contributed by atoms with Crippen LogP contribution in [0.2, 0.25) is 0 Å². The summed E-state index contributed by atoms with van der Waals surface area (Å²) in [4.78, 5) is 21.1. The van der Waals surface area contributed by atoms with E-state index in [1.807, 2.05) is 0 Å². The molecule has 1 fully saturated rings. The van der Waals surface area contributed by atoms with Crippen LogP contribution in [0.25, 0.3) is 0 Å². The van der Waals surface area contributed by atoms with Crippen LogP contribution in [0, 0.1) is 0 Å². The fourth-order valence-electron chi connectivity index (χ4n) is 1.19. The normalized spacial score (nSPS) is 22.0. The average molecular weight is 194 g/mol. The minimum absolute atomic E-state index is 0. The van der Waals surface area contributed by atoms with Crippen LogP contribution in [0.4, 0.5) is 0 Å². The van der Waals surface area contributed by atoms with Gasteiger partial charge in [-0.1, -0.05) is 0 Å². The molecule has 0 bridgehead atoms. The molecule has 0 aliphatic carbocycles. The van der Waals surface area contributed by atoms with Gasteiger partial charge in [0.05, 0.1) is 6.04 Å². The highest BCUT2D eigenvalue weighted by atomic mass is 35.5. The Balaban J connectivity index is 0.00000121. The first-order chi connectivity index (χ1) is 5.20. The molecule has 2 N–H and O–H groups in total. The number of carbonyl (C=O) groups is 2. The molecule has 0 aromatic heterocycles. The van der Waals surface area contributed by atoms with Crippen molar-refractivity contribution in [1.82, 2.24) is 5.32 Å². The number of carboxylic acid groups (broad SMARTS) is 1. The molecule has 5 heteroatoms. The zero-order chi connectivity index (χ0) is 8.27. The van der Waals surface area contributed by atoms with Gasteiger partial charge in [0.15, 0.2) is 5.78 Å². The highest BCUT2D eigenvalue weighted by Crippen LogP contribution is 2.06. The van der Waals surface area contributed by atoms with Gasteiger partial charge >= 0.3 is 5.97 Å². The molecule has 1 aliphatic rings. The number of hydrogen-bond acceptors (Lipinski definition) is 3. The van der Waals surface area contributed by atoms with Crippen LogP contribution in [0.3, 0.4) is 0 Å². The van der Waals surface area contributed by atoms with Crippen LogP contribution in [0.5, 0.6) is 0 Å². The zero-order valence-electron chi connectivity index (χ0n) is 6.58. The lowest BCUT2D eigenvalue weighted by Crippen LogP contribution is -2.27. The number of aliphatic carboxylic acids is 1. The highest BCUT2D eigenvalue weighted by Gasteiger charge is 2.23. The van der Waals surface area contributed by atoms with Gasteiger partial charge < -0.3 is 10.4 Å². The molecular formula is C7H12ClNO3. The second-order valence-electron chi connectivity index (χ2n) is 2.66. The van der Waals surface area contributed by atoms with Crippen molar-refractivity contribution in [3.05, 3.63) is 0 Å². The van der Waals surface area contributed by atoms with E-state index >= 15 is 0 Å². The van der Waals surface area contributed by atoms with Crippen LogP contribution in [-0.2, 0) is 9.59 Å². The predicted molar refractivity (Wildman–Crippen MR) is 45.5 cm³/mol. The summed E-state index contributed by atoms with van der Waals surface area (Å²) in [5, 5.41) is 11.3. The van der Waals surface area contributed by atoms with Crippen LogP contribution >= 0.6 is 12.4 Å². The summed E-state index contributed by atoms with van der Waals surface area (Å²) >= 11 is 0. The number of carboxylic acids is 1. The maximum Gasteiger partial charge on any atom is 0.303 e. The van der Waals surface area contributed by atoms with E-state index in [4.69, 9.17) is 5.11 Å². The van der Waals surface area contributed by atoms with Crippen LogP contribution in [0.1, 0.15) is 19.3 Å². The van der Waals surface area contributed by atoms with E-state index in [-0.39, 0.29) is 30.7 Å². The van der Waals surface area contributed by atoms with Crippen molar-refractivity contribution in [2.45, 2.75) is 25.3 Å². The standard InChI is InChI=1S/C7H11NO3.ClH/c9-6-3-4-8-5(6)1-2-7(10)11;/h5,8H,1-4H2,(H,10,11);1H. The van der Waals surface area contributed by atoms with E-state index in [1.54, 1.807) is 0 Å². The van der Waals surface area contributed by atoms with Crippen molar-refractivity contribution in [3.8, 4) is 0 Å². The maximum atomic E-state index is 10.9. The third kappa shape index (κ3) is 3.19. The molecule has 0 aromatic rings. The Morgan fingerprint density at radius 2 is 2.33 bits per heavy atom. The SMILES string of the molecule is Cl.O=C(O)CCC1NCCC1=O. The second-order valence-corrected chi connectivity index (χ2v) is 2.66. The van der Waals surface area contributed by atoms with Crippen molar-refractivity contribution in [2.24, 2.45) is 0 Å². The Kier molecular flexibility index (Phi) is 4.85. The summed E-state index contributed by atoms with van der Waals surface area (Å²) in [6.45, 7) is 0.698. The Morgan fingerprint density at radius 3 is 2.75 bits per heavy atom. The Hall–Kier alpha value is -0.610. The molecule has 70 valence electrons. The summed E-state index contributed by atoms with van der Waals surface area (Å²) in [7, 11) is 0. The van der Waals surface area contributed by atoms with Gasteiger partial charge in [0.25, 0.3) is 0 Å². The number of Topliss-reactive ketones (excluding diaryl/α,β-unsaturated/α-hetero) is 1. The quantitative estimate of drug-likeness (QED) is 0.672. The summed E-state index contributed by atoms with van der Waals surface area (Å²) in [6.07, 6.45) is 1.04. The molecule has 0 radical (unpaired) electrons. The molecule has 1 saturated heterocycles. The van der Waals surface area contributed by atoms with Crippen molar-refractivity contribution >= 4 is 24.2 Å². The highest BCUT2D eigenvalue weighted by molar-refractivity contribution is 5.86. The first kappa shape index (κ1) is 11.4. The van der Waals surface area contributed by atoms with Crippen molar-refractivity contribution in [2.75, 3.05) is 6.54 Å². The molecule has 0 aromatic carbocycles. The number of nitrogens with one attached hydrogen (secondary N) is 1. The van der Waals surface area contributed by atoms with Crippen molar-refractivity contribution < 1.29 is 14.7 Å². The van der Waals surface area contributed by atoms with Gasteiger partial charge in [-0.25, -0.2) is 0 Å². The van der Waals surface area contributed by atoms with E-state index in [1.165, 1.54) is 0 Å². The van der Waals surface area contributed by atoms with Crippen LogP contribution in [0.15, 0.2) is 0 Å². The molecule has 1 aliphatic heterocycles. The minimum atomic E-state index is -0.841. The van der Waals surface area contributed by atoms with Crippen LogP contribution in [-0.4, -0.2) is 29.4 Å². The lowest BCUT2D eigenvalue weighted by molar-refractivity contribution is -0.137. The molecule has 0 saturated carbocycles. The third-order valence-corrected chi connectivity index (χ3v) is 1.80. The number of halogens is 1. The molecule has 1 rings (SSSR count). The molecule has 1 atom stereocenters. The van der Waals surface area contributed by atoms with Gasteiger partial charge in [0, 0.05) is 19.4 Å². The Labute approximate surface area is 76.7 Å². The smallest absolute Gasteiger partial charge is 0.303 e. The van der Waals surface area contributed by atoms with Crippen LogP contribution < -0.4 is 5.32 Å². The van der Waals surface area contributed by atoms with E-state index in [0.717, 1.165) is 0 Å². The van der Waals surface area contributed by atoms with Gasteiger partial charge in [0.1, 0.15) is 0 Å². The summed E-state index contributed by atoms with van der Waals surface area (Å²) in [6, 6.07) is -0.203. The fourth-order valence-corrected chi connectivity index (χ4v) is 1.19. The topological polar surface area (TPSA) is 66.4 Å². The summed E-state index contributed by atoms with van der Waals surface area (Å²) < 4.78 is 0. The fraction of sp³-hybridized carbons (Fsp3) is 0.714. The summed E-state index contributed by atoms with van der Waals surface area (Å²) in [5.41, 5.74) is 0. The minimum Gasteiger partial charge on any atom is -0.481 e. The van der Waals surface area contributed by atoms with Gasteiger partial charge in [-0.2, -0.15) is 0 Å². The first-order valence-electron chi connectivity index (χ1n) is 3.68. The van der Waals surface area contributed by atoms with Gasteiger partial charge in [-0.05, 0) is 6.42 Å². The Bertz CT molecular complexity index is 183. The second kappa shape index (κ2) is 5.11. The van der Waals surface area contributed by atoms with E-state index in [2.05, 4.69) is 5.32 Å². The largest absolute Gasteiger partial charge is 0.481 e. The first-order valence-corrected chi connectivity index (χ1v) is 3.68. The van der Waals surface area contributed by atoms with E-state index in [9.17, 15) is 9.59 Å². The lowest BCUT2D eigenvalue weighted by atomic mass is 10.1. The molecule has 1 unspecified atom stereocenters. The molecule has 12 heavy (non-hydrogen) atoms. The van der Waals surface area contributed by atoms with Crippen molar-refractivity contribution in [3.63, 3.8) is 0 Å². The van der Waals surface area contributed by atoms with Gasteiger partial charge in [-0.15, -0.1) is 12.4 Å². The molecular weight excluding hydrogens is 182 g/mol. The number of ketones is 1. The zero-order valence-corrected chi connectivity index (χ0v) is 7.39. The van der Waals surface area contributed by atoms with Gasteiger partial charge in [-0.3, -0.25) is 9.59 Å². The number of rotatable bonds is 3. The molecule has 4 nitrogen and oxygen atoms in total. The Morgan fingerprint density at radius 1 is 1.67 bits per heavy atom. The van der Waals surface area contributed by atoms with Crippen molar-refractivity contribution in [1.29, 1.82) is 0 Å².